The van der Waals surface area contributed by atoms with Gasteiger partial charge in [0.25, 0.3) is 0 Å². The van der Waals surface area contributed by atoms with Gasteiger partial charge in [0.2, 0.25) is 0 Å². The van der Waals surface area contributed by atoms with Gasteiger partial charge in [-0.3, -0.25) is 4.98 Å². The summed E-state index contributed by atoms with van der Waals surface area (Å²) in [5.41, 5.74) is 3.37. The molecule has 0 amide bonds. The Kier molecular flexibility index (Phi) is 5.07. The second kappa shape index (κ2) is 8.16. The van der Waals surface area contributed by atoms with Gasteiger partial charge >= 0.3 is 0 Å². The molecule has 1 saturated heterocycles. The summed E-state index contributed by atoms with van der Waals surface area (Å²) in [6.45, 7) is 1.40. The zero-order valence-electron chi connectivity index (χ0n) is 16.4. The molecule has 0 bridgehead atoms. The Morgan fingerprint density at radius 1 is 0.933 bits per heavy atom. The van der Waals surface area contributed by atoms with Gasteiger partial charge in [-0.2, -0.15) is 0 Å². The molecule has 1 aromatic carbocycles. The zero-order valence-corrected chi connectivity index (χ0v) is 17.2. The topological polar surface area (TPSA) is 46.2 Å². The highest BCUT2D eigenvalue weighted by Crippen LogP contribution is 2.39. The Morgan fingerprint density at radius 2 is 1.80 bits per heavy atom. The van der Waals surface area contributed by atoms with Crippen molar-refractivity contribution in [2.75, 3.05) is 0 Å². The van der Waals surface area contributed by atoms with Crippen LogP contribution < -0.4 is 5.32 Å². The fourth-order valence-corrected chi connectivity index (χ4v) is 4.39. The van der Waals surface area contributed by atoms with Crippen molar-refractivity contribution < 1.29 is 4.42 Å². The van der Waals surface area contributed by atoms with Crippen LogP contribution in [-0.2, 0) is 13.1 Å². The summed E-state index contributed by atoms with van der Waals surface area (Å²) in [5, 5.41) is 4.26. The molecule has 0 radical (unpaired) electrons. The first kappa shape index (κ1) is 18.6. The molecule has 3 aromatic heterocycles. The fraction of sp³-hybridized carbons (Fsp3) is 0.167. The fourth-order valence-electron chi connectivity index (χ4n) is 4.09. The predicted molar refractivity (Wildman–Crippen MR) is 120 cm³/mol. The first-order valence-electron chi connectivity index (χ1n) is 9.99. The van der Waals surface area contributed by atoms with E-state index in [0.29, 0.717) is 6.54 Å². The maximum absolute atomic E-state index is 5.79. The summed E-state index contributed by atoms with van der Waals surface area (Å²) in [6, 6.07) is 24.6. The molecule has 1 aliphatic heterocycles. The third-order valence-electron chi connectivity index (χ3n) is 5.47. The van der Waals surface area contributed by atoms with Crippen LogP contribution in [0.4, 0.5) is 0 Å². The minimum absolute atomic E-state index is 0.0116. The first-order chi connectivity index (χ1) is 14.8. The van der Waals surface area contributed by atoms with Gasteiger partial charge in [-0.05, 0) is 54.2 Å². The van der Waals surface area contributed by atoms with E-state index in [0.717, 1.165) is 23.1 Å². The van der Waals surface area contributed by atoms with E-state index in [1.807, 2.05) is 36.5 Å². The number of nitrogens with one attached hydrogen (secondary N) is 1. The van der Waals surface area contributed by atoms with E-state index in [1.165, 1.54) is 11.3 Å². The third-order valence-corrected chi connectivity index (χ3v) is 5.82. The lowest BCUT2D eigenvalue weighted by molar-refractivity contribution is 0.296. The van der Waals surface area contributed by atoms with E-state index in [2.05, 4.69) is 68.4 Å². The van der Waals surface area contributed by atoms with E-state index in [4.69, 9.17) is 16.6 Å². The lowest BCUT2D eigenvalue weighted by Gasteiger charge is -2.29. The van der Waals surface area contributed by atoms with Crippen molar-refractivity contribution in [1.29, 1.82) is 0 Å². The normalized spacial score (nSPS) is 18.5. The number of rotatable bonds is 6. The molecule has 5 rings (SSSR count). The molecule has 4 heterocycles. The molecule has 5 nitrogen and oxygen atoms in total. The van der Waals surface area contributed by atoms with Crippen LogP contribution >= 0.6 is 12.2 Å². The van der Waals surface area contributed by atoms with Gasteiger partial charge in [-0.25, -0.2) is 0 Å². The summed E-state index contributed by atoms with van der Waals surface area (Å²) >= 11 is 5.79. The highest BCUT2D eigenvalue weighted by Gasteiger charge is 2.41. The standard InChI is InChI=1S/C24H22N4OS/c30-24-26-22(20-11-4-5-13-25-20)23(28(24)16-18-8-2-1-3-9-18)21-12-6-14-27(21)17-19-10-7-15-29-19/h1-15,22-23H,16-17H2,(H,26,30). The number of hydrogen-bond acceptors (Lipinski definition) is 3. The van der Waals surface area contributed by atoms with Crippen LogP contribution in [0.15, 0.2) is 95.9 Å². The molecule has 0 spiro atoms. The Labute approximate surface area is 181 Å². The average molecular weight is 415 g/mol. The van der Waals surface area contributed by atoms with Crippen molar-refractivity contribution in [3.63, 3.8) is 0 Å². The van der Waals surface area contributed by atoms with Crippen molar-refractivity contribution >= 4 is 17.3 Å². The molecule has 150 valence electrons. The Balaban J connectivity index is 1.54. The lowest BCUT2D eigenvalue weighted by atomic mass is 10.0. The van der Waals surface area contributed by atoms with Gasteiger partial charge in [0.15, 0.2) is 5.11 Å². The Bertz CT molecular complexity index is 1110. The molecule has 6 heteroatoms. The van der Waals surface area contributed by atoms with Gasteiger partial charge in [0, 0.05) is 24.6 Å². The van der Waals surface area contributed by atoms with Crippen LogP contribution in [-0.4, -0.2) is 19.6 Å². The van der Waals surface area contributed by atoms with Crippen molar-refractivity contribution in [3.8, 4) is 0 Å². The number of pyridine rings is 1. The number of benzene rings is 1. The molecular weight excluding hydrogens is 392 g/mol. The van der Waals surface area contributed by atoms with Crippen molar-refractivity contribution in [3.05, 3.63) is 114 Å². The third kappa shape index (κ3) is 3.62. The monoisotopic (exact) mass is 414 g/mol. The van der Waals surface area contributed by atoms with Crippen molar-refractivity contribution in [2.24, 2.45) is 0 Å². The molecule has 0 aliphatic carbocycles. The predicted octanol–water partition coefficient (Wildman–Crippen LogP) is 4.70. The number of aromatic nitrogens is 2. The van der Waals surface area contributed by atoms with Crippen LogP contribution in [0, 0.1) is 0 Å². The quantitative estimate of drug-likeness (QED) is 0.464. The molecule has 30 heavy (non-hydrogen) atoms. The lowest BCUT2D eigenvalue weighted by Crippen LogP contribution is -2.30. The first-order valence-corrected chi connectivity index (χ1v) is 10.4. The highest BCUT2D eigenvalue weighted by molar-refractivity contribution is 7.80. The highest BCUT2D eigenvalue weighted by atomic mass is 32.1. The number of nitrogens with zero attached hydrogens (tertiary/aromatic N) is 3. The van der Waals surface area contributed by atoms with E-state index in [9.17, 15) is 0 Å². The summed E-state index contributed by atoms with van der Waals surface area (Å²) in [6.07, 6.45) is 5.64. The summed E-state index contributed by atoms with van der Waals surface area (Å²) in [7, 11) is 0. The second-order valence-electron chi connectivity index (χ2n) is 7.38. The molecule has 2 atom stereocenters. The number of furan rings is 1. The number of thiocarbonyl (C=S) groups is 1. The summed E-state index contributed by atoms with van der Waals surface area (Å²) < 4.78 is 7.82. The van der Waals surface area contributed by atoms with Crippen LogP contribution in [0.25, 0.3) is 0 Å². The largest absolute Gasteiger partial charge is 0.467 e. The molecule has 1 N–H and O–H groups in total. The van der Waals surface area contributed by atoms with E-state index in [1.54, 1.807) is 6.26 Å². The summed E-state index contributed by atoms with van der Waals surface area (Å²) in [5.74, 6) is 0.921. The van der Waals surface area contributed by atoms with Crippen molar-refractivity contribution in [2.45, 2.75) is 25.2 Å². The maximum atomic E-state index is 5.79. The molecule has 4 aromatic rings. The molecule has 0 saturated carbocycles. The molecule has 2 unspecified atom stereocenters. The minimum Gasteiger partial charge on any atom is -0.467 e. The molecule has 1 aliphatic rings. The van der Waals surface area contributed by atoms with Gasteiger partial charge in [0.05, 0.1) is 30.6 Å². The summed E-state index contributed by atoms with van der Waals surface area (Å²) in [4.78, 5) is 6.89. The Hall–Kier alpha value is -3.38. The van der Waals surface area contributed by atoms with Crippen LogP contribution in [0.3, 0.4) is 0 Å². The maximum Gasteiger partial charge on any atom is 0.170 e. The zero-order chi connectivity index (χ0) is 20.3. The smallest absolute Gasteiger partial charge is 0.170 e. The average Bonchev–Trinajstić information content (AvgIpc) is 3.52. The second-order valence-corrected chi connectivity index (χ2v) is 7.77. The van der Waals surface area contributed by atoms with Crippen LogP contribution in [0.2, 0.25) is 0 Å². The minimum atomic E-state index is -0.0346. The van der Waals surface area contributed by atoms with Gasteiger partial charge in [0.1, 0.15) is 5.76 Å². The van der Waals surface area contributed by atoms with E-state index >= 15 is 0 Å². The van der Waals surface area contributed by atoms with Gasteiger partial charge in [-0.15, -0.1) is 0 Å². The van der Waals surface area contributed by atoms with Crippen LogP contribution in [0.1, 0.15) is 34.8 Å². The number of hydrogen-bond donors (Lipinski definition) is 1. The molecular formula is C24H22N4OS. The van der Waals surface area contributed by atoms with Gasteiger partial charge < -0.3 is 19.2 Å². The van der Waals surface area contributed by atoms with Crippen molar-refractivity contribution in [1.82, 2.24) is 19.8 Å². The van der Waals surface area contributed by atoms with E-state index in [-0.39, 0.29) is 12.1 Å². The SMILES string of the molecule is S=C1NC(c2ccccn2)C(c2cccn2Cc2ccco2)N1Cc1ccccc1. The van der Waals surface area contributed by atoms with Crippen LogP contribution in [0.5, 0.6) is 0 Å². The Morgan fingerprint density at radius 3 is 2.57 bits per heavy atom. The van der Waals surface area contributed by atoms with Gasteiger partial charge in [-0.1, -0.05) is 36.4 Å². The molecule has 1 fully saturated rings. The van der Waals surface area contributed by atoms with E-state index < -0.39 is 0 Å².